The molecular formula is C17H25NO. The molecule has 104 valence electrons. The highest BCUT2D eigenvalue weighted by molar-refractivity contribution is 5.79. The van der Waals surface area contributed by atoms with Crippen molar-refractivity contribution in [1.29, 1.82) is 5.26 Å². The van der Waals surface area contributed by atoms with E-state index in [0.29, 0.717) is 18.1 Å². The number of carbonyl (C=O) groups excluding carboxylic acids is 1. The first kappa shape index (κ1) is 13.2. The summed E-state index contributed by atoms with van der Waals surface area (Å²) in [5.74, 6) is 4.57. The first-order valence-electron chi connectivity index (χ1n) is 7.90. The molecule has 4 aliphatic carbocycles. The van der Waals surface area contributed by atoms with Gasteiger partial charge in [0.05, 0.1) is 11.5 Å². The molecule has 4 bridgehead atoms. The molecule has 4 saturated carbocycles. The summed E-state index contributed by atoms with van der Waals surface area (Å²) in [6.07, 6.45) is 8.18. The van der Waals surface area contributed by atoms with Crippen molar-refractivity contribution in [2.24, 2.45) is 35.0 Å². The lowest BCUT2D eigenvalue weighted by molar-refractivity contribution is -0.125. The summed E-state index contributed by atoms with van der Waals surface area (Å²) in [4.78, 5) is 12.3. The predicted octanol–water partition coefficient (Wildman–Crippen LogP) is 3.96. The average molecular weight is 259 g/mol. The van der Waals surface area contributed by atoms with E-state index < -0.39 is 5.41 Å². The quantitative estimate of drug-likeness (QED) is 0.766. The second-order valence-corrected chi connectivity index (χ2v) is 8.01. The van der Waals surface area contributed by atoms with Gasteiger partial charge in [0.2, 0.25) is 0 Å². The highest BCUT2D eigenvalue weighted by Gasteiger charge is 2.48. The minimum absolute atomic E-state index is 0.323. The average Bonchev–Trinajstić information content (AvgIpc) is 2.32. The summed E-state index contributed by atoms with van der Waals surface area (Å²) >= 11 is 0. The Hall–Kier alpha value is -0.840. The third kappa shape index (κ3) is 2.57. The summed E-state index contributed by atoms with van der Waals surface area (Å²) in [7, 11) is 0. The van der Waals surface area contributed by atoms with Crippen LogP contribution in [-0.2, 0) is 4.79 Å². The van der Waals surface area contributed by atoms with Crippen LogP contribution in [0.2, 0.25) is 0 Å². The lowest BCUT2D eigenvalue weighted by Crippen LogP contribution is -2.45. The molecule has 0 heterocycles. The molecule has 19 heavy (non-hydrogen) atoms. The van der Waals surface area contributed by atoms with Crippen molar-refractivity contribution in [2.75, 3.05) is 0 Å². The fourth-order valence-electron chi connectivity index (χ4n) is 5.24. The van der Waals surface area contributed by atoms with E-state index in [9.17, 15) is 4.79 Å². The van der Waals surface area contributed by atoms with E-state index in [4.69, 9.17) is 5.26 Å². The van der Waals surface area contributed by atoms with Crippen LogP contribution in [0.5, 0.6) is 0 Å². The predicted molar refractivity (Wildman–Crippen MR) is 74.2 cm³/mol. The van der Waals surface area contributed by atoms with Crippen LogP contribution in [0.3, 0.4) is 0 Å². The second-order valence-electron chi connectivity index (χ2n) is 8.01. The van der Waals surface area contributed by atoms with Crippen molar-refractivity contribution in [1.82, 2.24) is 0 Å². The molecule has 0 radical (unpaired) electrons. The van der Waals surface area contributed by atoms with E-state index in [2.05, 4.69) is 6.07 Å². The van der Waals surface area contributed by atoms with Crippen LogP contribution in [0.15, 0.2) is 0 Å². The smallest absolute Gasteiger partial charge is 0.134 e. The monoisotopic (exact) mass is 259 g/mol. The molecule has 0 saturated heterocycles. The molecule has 0 spiro atoms. The summed E-state index contributed by atoms with van der Waals surface area (Å²) in [5, 5.41) is 9.05. The van der Waals surface area contributed by atoms with Gasteiger partial charge in [-0.2, -0.15) is 5.26 Å². The molecule has 0 N–H and O–H groups in total. The lowest BCUT2D eigenvalue weighted by Gasteiger charge is -2.54. The van der Waals surface area contributed by atoms with Gasteiger partial charge in [-0.25, -0.2) is 0 Å². The third-order valence-electron chi connectivity index (χ3n) is 5.83. The molecule has 2 nitrogen and oxygen atoms in total. The molecule has 4 aliphatic rings. The van der Waals surface area contributed by atoms with Gasteiger partial charge in [-0.1, -0.05) is 0 Å². The number of Topliss-reactive ketones (excluding diaryl/α,β-unsaturated/α-hetero) is 1. The number of hydrogen-bond acceptors (Lipinski definition) is 2. The van der Waals surface area contributed by atoms with Gasteiger partial charge in [-0.15, -0.1) is 0 Å². The van der Waals surface area contributed by atoms with Crippen molar-refractivity contribution >= 4 is 5.78 Å². The first-order chi connectivity index (χ1) is 8.97. The van der Waals surface area contributed by atoms with Gasteiger partial charge in [-0.05, 0) is 75.5 Å². The van der Waals surface area contributed by atoms with Gasteiger partial charge < -0.3 is 0 Å². The Labute approximate surface area is 116 Å². The molecule has 2 heteroatoms. The Kier molecular flexibility index (Phi) is 3.20. The lowest BCUT2D eigenvalue weighted by atomic mass is 9.51. The minimum Gasteiger partial charge on any atom is -0.300 e. The molecule has 4 fully saturated rings. The Bertz CT molecular complexity index is 389. The largest absolute Gasteiger partial charge is 0.300 e. The molecule has 4 rings (SSSR count). The molecule has 0 aromatic rings. The van der Waals surface area contributed by atoms with Crippen LogP contribution < -0.4 is 0 Å². The Morgan fingerprint density at radius 2 is 1.63 bits per heavy atom. The van der Waals surface area contributed by atoms with E-state index >= 15 is 0 Å². The minimum atomic E-state index is -0.483. The summed E-state index contributed by atoms with van der Waals surface area (Å²) < 4.78 is 0. The Morgan fingerprint density at radius 3 is 2.11 bits per heavy atom. The number of nitriles is 1. The highest BCUT2D eigenvalue weighted by atomic mass is 16.1. The van der Waals surface area contributed by atoms with E-state index in [-0.39, 0.29) is 0 Å². The fraction of sp³-hybridized carbons (Fsp3) is 0.882. The Balaban J connectivity index is 1.62. The molecule has 0 amide bonds. The van der Waals surface area contributed by atoms with E-state index in [1.807, 2.05) is 13.8 Å². The van der Waals surface area contributed by atoms with Crippen LogP contribution in [-0.4, -0.2) is 5.78 Å². The van der Waals surface area contributed by atoms with Crippen LogP contribution in [0.25, 0.3) is 0 Å². The Morgan fingerprint density at radius 1 is 1.11 bits per heavy atom. The summed E-state index contributed by atoms with van der Waals surface area (Å²) in [6, 6.07) is 2.25. The zero-order chi connectivity index (χ0) is 13.6. The standard InChI is InChI=1S/C17H25NO/c1-17(2,10-18)9-15(19)8-16-13-4-11-3-12(6-13)7-14(16)5-11/h11-14,16H,3-9H2,1-2H3. The van der Waals surface area contributed by atoms with Gasteiger partial charge in [0, 0.05) is 12.8 Å². The van der Waals surface area contributed by atoms with Crippen molar-refractivity contribution in [3.05, 3.63) is 0 Å². The van der Waals surface area contributed by atoms with Gasteiger partial charge in [0.1, 0.15) is 5.78 Å². The van der Waals surface area contributed by atoms with E-state index in [1.165, 1.54) is 32.1 Å². The number of carbonyl (C=O) groups is 1. The molecule has 0 aromatic carbocycles. The number of ketones is 1. The van der Waals surface area contributed by atoms with Crippen molar-refractivity contribution in [3.8, 4) is 6.07 Å². The highest BCUT2D eigenvalue weighted by Crippen LogP contribution is 2.57. The summed E-state index contributed by atoms with van der Waals surface area (Å²) in [6.45, 7) is 3.75. The zero-order valence-corrected chi connectivity index (χ0v) is 12.2. The van der Waals surface area contributed by atoms with Crippen LogP contribution in [0.4, 0.5) is 0 Å². The zero-order valence-electron chi connectivity index (χ0n) is 12.2. The normalized spacial score (nSPS) is 40.2. The third-order valence-corrected chi connectivity index (χ3v) is 5.83. The molecule has 0 aromatic heterocycles. The maximum atomic E-state index is 12.3. The SMILES string of the molecule is CC(C)(C#N)CC(=O)CC1C2CC3CC(C2)CC1C3. The number of nitrogens with zero attached hydrogens (tertiary/aromatic N) is 1. The fourth-order valence-corrected chi connectivity index (χ4v) is 5.24. The first-order valence-corrected chi connectivity index (χ1v) is 7.90. The van der Waals surface area contributed by atoms with Crippen molar-refractivity contribution in [2.45, 2.75) is 58.8 Å². The molecular weight excluding hydrogens is 234 g/mol. The molecule has 0 atom stereocenters. The van der Waals surface area contributed by atoms with Gasteiger partial charge in [0.25, 0.3) is 0 Å². The van der Waals surface area contributed by atoms with Crippen LogP contribution in [0.1, 0.15) is 58.8 Å². The second kappa shape index (κ2) is 4.62. The summed E-state index contributed by atoms with van der Waals surface area (Å²) in [5.41, 5.74) is -0.483. The van der Waals surface area contributed by atoms with Crippen molar-refractivity contribution in [3.63, 3.8) is 0 Å². The molecule has 0 unspecified atom stereocenters. The maximum absolute atomic E-state index is 12.3. The van der Waals surface area contributed by atoms with Gasteiger partial charge >= 0.3 is 0 Å². The van der Waals surface area contributed by atoms with E-state index in [1.54, 1.807) is 0 Å². The number of rotatable bonds is 4. The van der Waals surface area contributed by atoms with E-state index in [0.717, 1.165) is 30.1 Å². The van der Waals surface area contributed by atoms with Crippen LogP contribution in [0, 0.1) is 46.3 Å². The van der Waals surface area contributed by atoms with Gasteiger partial charge in [0.15, 0.2) is 0 Å². The van der Waals surface area contributed by atoms with Crippen LogP contribution >= 0.6 is 0 Å². The topological polar surface area (TPSA) is 40.9 Å². The van der Waals surface area contributed by atoms with Gasteiger partial charge in [-0.3, -0.25) is 4.79 Å². The van der Waals surface area contributed by atoms with Crippen molar-refractivity contribution < 1.29 is 4.79 Å². The molecule has 0 aliphatic heterocycles. The number of hydrogen-bond donors (Lipinski definition) is 0. The maximum Gasteiger partial charge on any atom is 0.134 e.